The van der Waals surface area contributed by atoms with E-state index in [4.69, 9.17) is 16.3 Å². The first-order valence-corrected chi connectivity index (χ1v) is 7.71. The van der Waals surface area contributed by atoms with E-state index in [9.17, 15) is 0 Å². The van der Waals surface area contributed by atoms with E-state index in [0.29, 0.717) is 6.61 Å². The van der Waals surface area contributed by atoms with Gasteiger partial charge in [0.15, 0.2) is 0 Å². The summed E-state index contributed by atoms with van der Waals surface area (Å²) in [6.07, 6.45) is 0.906. The minimum Gasteiger partial charge on any atom is -0.494 e. The Bertz CT molecular complexity index is 486. The molecule has 2 nitrogen and oxygen atoms in total. The Labute approximate surface area is 123 Å². The molecule has 1 aromatic carbocycles. The summed E-state index contributed by atoms with van der Waals surface area (Å²) in [5.41, 5.74) is 0. The lowest BCUT2D eigenvalue weighted by molar-refractivity contribution is 0.288. The Kier molecular flexibility index (Phi) is 5.70. The maximum Gasteiger partial charge on any atom is 0.119 e. The highest BCUT2D eigenvalue weighted by Crippen LogP contribution is 2.30. The molecule has 19 heavy (non-hydrogen) atoms. The van der Waals surface area contributed by atoms with Gasteiger partial charge in [-0.25, -0.2) is 0 Å². The van der Waals surface area contributed by atoms with E-state index in [2.05, 4.69) is 12.2 Å². The molecule has 0 radical (unpaired) electrons. The molecule has 0 saturated carbocycles. The van der Waals surface area contributed by atoms with Crippen molar-refractivity contribution in [1.82, 2.24) is 5.32 Å². The second-order valence-corrected chi connectivity index (χ2v) is 5.55. The highest BCUT2D eigenvalue weighted by atomic mass is 35.5. The first-order chi connectivity index (χ1) is 9.31. The van der Waals surface area contributed by atoms with Gasteiger partial charge in [0.05, 0.1) is 11.6 Å². The maximum atomic E-state index is 6.20. The molecule has 4 heteroatoms. The van der Waals surface area contributed by atoms with Crippen LogP contribution in [0.5, 0.6) is 5.75 Å². The van der Waals surface area contributed by atoms with Crippen molar-refractivity contribution in [3.8, 4) is 5.75 Å². The normalized spacial score (nSPS) is 12.3. The molecular formula is C15H18ClNOS. The van der Waals surface area contributed by atoms with Crippen molar-refractivity contribution >= 4 is 22.9 Å². The number of ether oxygens (including phenoxy) is 1. The number of para-hydroxylation sites is 1. The lowest BCUT2D eigenvalue weighted by Crippen LogP contribution is -2.22. The van der Waals surface area contributed by atoms with Gasteiger partial charge in [-0.3, -0.25) is 0 Å². The molecule has 0 aliphatic carbocycles. The molecular weight excluding hydrogens is 278 g/mol. The van der Waals surface area contributed by atoms with Crippen LogP contribution in [-0.2, 0) is 0 Å². The van der Waals surface area contributed by atoms with Gasteiger partial charge in [-0.2, -0.15) is 0 Å². The molecule has 0 bridgehead atoms. The Hall–Kier alpha value is -1.03. The van der Waals surface area contributed by atoms with Gasteiger partial charge >= 0.3 is 0 Å². The van der Waals surface area contributed by atoms with Crippen molar-refractivity contribution in [2.75, 3.05) is 13.2 Å². The van der Waals surface area contributed by atoms with Gasteiger partial charge in [-0.15, -0.1) is 11.3 Å². The molecule has 2 aromatic rings. The molecule has 0 aliphatic heterocycles. The molecule has 1 atom stereocenters. The number of hydrogen-bond donors (Lipinski definition) is 1. The molecule has 0 saturated heterocycles. The largest absolute Gasteiger partial charge is 0.494 e. The van der Waals surface area contributed by atoms with Crippen LogP contribution in [0, 0.1) is 0 Å². The molecule has 0 spiro atoms. The predicted molar refractivity (Wildman–Crippen MR) is 82.3 cm³/mol. The van der Waals surface area contributed by atoms with Crippen molar-refractivity contribution in [3.05, 3.63) is 51.7 Å². The second kappa shape index (κ2) is 7.53. The second-order valence-electron chi connectivity index (χ2n) is 4.19. The summed E-state index contributed by atoms with van der Waals surface area (Å²) < 4.78 is 5.74. The molecule has 0 aliphatic rings. The van der Waals surface area contributed by atoms with Gasteiger partial charge in [0.2, 0.25) is 0 Å². The fraction of sp³-hybridized carbons (Fsp3) is 0.333. The molecule has 0 amide bonds. The summed E-state index contributed by atoms with van der Waals surface area (Å²) in [5.74, 6) is 0.912. The Balaban J connectivity index is 1.89. The summed E-state index contributed by atoms with van der Waals surface area (Å²) in [7, 11) is 0. The van der Waals surface area contributed by atoms with Crippen molar-refractivity contribution < 1.29 is 4.74 Å². The van der Waals surface area contributed by atoms with Gasteiger partial charge in [-0.05, 0) is 30.1 Å². The minimum absolute atomic E-state index is 0.265. The average molecular weight is 296 g/mol. The number of hydrogen-bond acceptors (Lipinski definition) is 3. The molecule has 1 unspecified atom stereocenters. The minimum atomic E-state index is 0.265. The Morgan fingerprint density at radius 2 is 2.05 bits per heavy atom. The first-order valence-electron chi connectivity index (χ1n) is 6.45. The topological polar surface area (TPSA) is 21.3 Å². The maximum absolute atomic E-state index is 6.20. The standard InChI is InChI=1S/C15H18ClNOS/c1-2-17-14(15-13(16)9-11-19-15)8-10-18-12-6-4-3-5-7-12/h3-7,9,11,14,17H,2,8,10H2,1H3. The summed E-state index contributed by atoms with van der Waals surface area (Å²) in [4.78, 5) is 1.19. The van der Waals surface area contributed by atoms with Crippen molar-refractivity contribution in [2.45, 2.75) is 19.4 Å². The fourth-order valence-corrected chi connectivity index (χ4v) is 3.24. The third-order valence-corrected chi connectivity index (χ3v) is 4.30. The third kappa shape index (κ3) is 4.23. The predicted octanol–water partition coefficient (Wildman–Crippen LogP) is 4.52. The number of benzene rings is 1. The van der Waals surface area contributed by atoms with Crippen molar-refractivity contribution in [1.29, 1.82) is 0 Å². The fourth-order valence-electron chi connectivity index (χ4n) is 1.94. The van der Waals surface area contributed by atoms with E-state index in [0.717, 1.165) is 23.7 Å². The zero-order chi connectivity index (χ0) is 13.5. The molecule has 2 rings (SSSR count). The van der Waals surface area contributed by atoms with E-state index >= 15 is 0 Å². The molecule has 0 fully saturated rings. The quantitative estimate of drug-likeness (QED) is 0.811. The Morgan fingerprint density at radius 1 is 1.26 bits per heavy atom. The monoisotopic (exact) mass is 295 g/mol. The summed E-state index contributed by atoms with van der Waals surface area (Å²) in [6, 6.07) is 12.1. The van der Waals surface area contributed by atoms with Crippen LogP contribution in [0.15, 0.2) is 41.8 Å². The molecule has 1 aromatic heterocycles. The lowest BCUT2D eigenvalue weighted by atomic mass is 10.2. The van der Waals surface area contributed by atoms with E-state index in [1.165, 1.54) is 4.88 Å². The number of halogens is 1. The summed E-state index contributed by atoms with van der Waals surface area (Å²) in [5, 5.41) is 6.33. The molecule has 102 valence electrons. The van der Waals surface area contributed by atoms with Crippen LogP contribution < -0.4 is 10.1 Å². The summed E-state index contributed by atoms with van der Waals surface area (Å²) >= 11 is 7.89. The highest BCUT2D eigenvalue weighted by Gasteiger charge is 2.15. The van der Waals surface area contributed by atoms with Gasteiger partial charge < -0.3 is 10.1 Å². The first kappa shape index (κ1) is 14.4. The lowest BCUT2D eigenvalue weighted by Gasteiger charge is -2.17. The van der Waals surface area contributed by atoms with Gasteiger partial charge in [0.1, 0.15) is 5.75 Å². The smallest absolute Gasteiger partial charge is 0.119 e. The zero-order valence-corrected chi connectivity index (χ0v) is 12.5. The van der Waals surface area contributed by atoms with Crippen LogP contribution in [-0.4, -0.2) is 13.2 Å². The van der Waals surface area contributed by atoms with Crippen LogP contribution in [0.1, 0.15) is 24.3 Å². The number of nitrogens with one attached hydrogen (secondary N) is 1. The van der Waals surface area contributed by atoms with Crippen LogP contribution in [0.2, 0.25) is 5.02 Å². The van der Waals surface area contributed by atoms with E-state index in [1.54, 1.807) is 11.3 Å². The van der Waals surface area contributed by atoms with Gasteiger partial charge in [-0.1, -0.05) is 36.7 Å². The third-order valence-electron chi connectivity index (χ3n) is 2.83. The zero-order valence-electron chi connectivity index (χ0n) is 10.9. The van der Waals surface area contributed by atoms with Crippen molar-refractivity contribution in [2.24, 2.45) is 0 Å². The van der Waals surface area contributed by atoms with Crippen LogP contribution in [0.25, 0.3) is 0 Å². The van der Waals surface area contributed by atoms with Crippen LogP contribution >= 0.6 is 22.9 Å². The number of rotatable bonds is 7. The summed E-state index contributed by atoms with van der Waals surface area (Å²) in [6.45, 7) is 3.70. The Morgan fingerprint density at radius 3 is 2.68 bits per heavy atom. The van der Waals surface area contributed by atoms with E-state index in [-0.39, 0.29) is 6.04 Å². The van der Waals surface area contributed by atoms with Gasteiger partial charge in [0, 0.05) is 17.3 Å². The van der Waals surface area contributed by atoms with Crippen LogP contribution in [0.4, 0.5) is 0 Å². The van der Waals surface area contributed by atoms with Gasteiger partial charge in [0.25, 0.3) is 0 Å². The van der Waals surface area contributed by atoms with E-state index < -0.39 is 0 Å². The van der Waals surface area contributed by atoms with Crippen LogP contribution in [0.3, 0.4) is 0 Å². The van der Waals surface area contributed by atoms with Crippen molar-refractivity contribution in [3.63, 3.8) is 0 Å². The average Bonchev–Trinajstić information content (AvgIpc) is 2.85. The molecule has 1 N–H and O–H groups in total. The van der Waals surface area contributed by atoms with E-state index in [1.807, 2.05) is 41.8 Å². The highest BCUT2D eigenvalue weighted by molar-refractivity contribution is 7.10. The molecule has 1 heterocycles. The number of thiophene rings is 1. The SMILES string of the molecule is CCNC(CCOc1ccccc1)c1sccc1Cl.